The third kappa shape index (κ3) is 2.86. The zero-order chi connectivity index (χ0) is 14.2. The van der Waals surface area contributed by atoms with Crippen molar-refractivity contribution in [3.8, 4) is 0 Å². The van der Waals surface area contributed by atoms with Gasteiger partial charge in [-0.2, -0.15) is 0 Å². The number of fused-ring (bicyclic) bond motifs is 2. The fraction of sp³-hybridized carbons (Fsp3) is 0.667. The number of hydrogen-bond acceptors (Lipinski definition) is 0. The molecule has 0 unspecified atom stereocenters. The molecule has 1 aliphatic heterocycles. The van der Waals surface area contributed by atoms with Crippen LogP contribution in [0.15, 0.2) is 24.3 Å². The van der Waals surface area contributed by atoms with E-state index in [9.17, 15) is 4.39 Å². The summed E-state index contributed by atoms with van der Waals surface area (Å²) in [4.78, 5) is 3.51. The van der Waals surface area contributed by atoms with E-state index in [4.69, 9.17) is 0 Å². The van der Waals surface area contributed by atoms with Gasteiger partial charge < -0.3 is 9.80 Å². The van der Waals surface area contributed by atoms with E-state index < -0.39 is 0 Å². The Bertz CT molecular complexity index is 496. The van der Waals surface area contributed by atoms with Crippen LogP contribution in [0.1, 0.15) is 31.2 Å². The molecule has 3 atom stereocenters. The Kier molecular flexibility index (Phi) is 3.72. The van der Waals surface area contributed by atoms with Gasteiger partial charge in [-0.05, 0) is 37.3 Å². The molecule has 1 aromatic rings. The van der Waals surface area contributed by atoms with Crippen LogP contribution >= 0.6 is 0 Å². The molecule has 1 aromatic carbocycles. The molecule has 4 rings (SSSR count). The highest BCUT2D eigenvalue weighted by atomic mass is 19.1. The van der Waals surface area contributed by atoms with Crippen LogP contribution in [-0.2, 0) is 6.54 Å². The molecule has 114 valence electrons. The fourth-order valence-corrected chi connectivity index (χ4v) is 5.15. The normalized spacial score (nSPS) is 38.8. The second-order valence-corrected chi connectivity index (χ2v) is 7.50. The summed E-state index contributed by atoms with van der Waals surface area (Å²) < 4.78 is 13.3. The number of halogens is 1. The highest BCUT2D eigenvalue weighted by Gasteiger charge is 2.45. The first-order valence-electron chi connectivity index (χ1n) is 8.70. The molecule has 0 amide bonds. The van der Waals surface area contributed by atoms with Gasteiger partial charge in [-0.25, -0.2) is 4.39 Å². The van der Waals surface area contributed by atoms with E-state index in [1.165, 1.54) is 57.9 Å². The predicted molar refractivity (Wildman–Crippen MR) is 80.7 cm³/mol. The maximum Gasteiger partial charge on any atom is 0.127 e. The van der Waals surface area contributed by atoms with Crippen LogP contribution in [0, 0.1) is 17.7 Å². The first-order chi connectivity index (χ1) is 10.3. The summed E-state index contributed by atoms with van der Waals surface area (Å²) in [5.41, 5.74) is 1.15. The zero-order valence-electron chi connectivity index (χ0n) is 12.8. The average Bonchev–Trinajstić information content (AvgIpc) is 3.11. The van der Waals surface area contributed by atoms with Gasteiger partial charge in [0.15, 0.2) is 0 Å². The molecule has 2 nitrogen and oxygen atoms in total. The second-order valence-electron chi connectivity index (χ2n) is 7.50. The van der Waals surface area contributed by atoms with Crippen molar-refractivity contribution < 1.29 is 14.2 Å². The van der Waals surface area contributed by atoms with Crippen LogP contribution in [0.3, 0.4) is 0 Å². The summed E-state index contributed by atoms with van der Waals surface area (Å²) in [5.74, 6) is 2.00. The molecule has 0 radical (unpaired) electrons. The van der Waals surface area contributed by atoms with Crippen LogP contribution in [0.25, 0.3) is 0 Å². The second kappa shape index (κ2) is 5.69. The minimum absolute atomic E-state index is 0.0989. The molecule has 0 aromatic heterocycles. The number of hydrogen-bond donors (Lipinski definition) is 2. The van der Waals surface area contributed by atoms with E-state index in [2.05, 4.69) is 6.07 Å². The van der Waals surface area contributed by atoms with Gasteiger partial charge in [0, 0.05) is 17.9 Å². The van der Waals surface area contributed by atoms with Gasteiger partial charge in [-0.1, -0.05) is 12.1 Å². The summed E-state index contributed by atoms with van der Waals surface area (Å²) in [6.07, 6.45) is 6.03. The Morgan fingerprint density at radius 2 is 1.90 bits per heavy atom. The molecule has 1 heterocycles. The number of nitrogens with one attached hydrogen (secondary N) is 2. The lowest BCUT2D eigenvalue weighted by atomic mass is 9.93. The first-order valence-corrected chi connectivity index (χ1v) is 8.70. The smallest absolute Gasteiger partial charge is 0.127 e. The summed E-state index contributed by atoms with van der Waals surface area (Å²) >= 11 is 0. The van der Waals surface area contributed by atoms with Crippen molar-refractivity contribution in [1.82, 2.24) is 0 Å². The van der Waals surface area contributed by atoms with E-state index in [1.807, 2.05) is 11.0 Å². The van der Waals surface area contributed by atoms with Gasteiger partial charge in [-0.15, -0.1) is 0 Å². The van der Waals surface area contributed by atoms with Crippen LogP contribution in [0.4, 0.5) is 4.39 Å². The van der Waals surface area contributed by atoms with Crippen LogP contribution in [0.2, 0.25) is 0 Å². The van der Waals surface area contributed by atoms with Crippen molar-refractivity contribution in [3.63, 3.8) is 0 Å². The van der Waals surface area contributed by atoms with Gasteiger partial charge in [0.2, 0.25) is 0 Å². The number of benzene rings is 1. The van der Waals surface area contributed by atoms with Crippen LogP contribution in [0.5, 0.6) is 0 Å². The molecule has 0 spiro atoms. The van der Waals surface area contributed by atoms with Gasteiger partial charge >= 0.3 is 0 Å². The molecule has 3 heteroatoms. The lowest BCUT2D eigenvalue weighted by molar-refractivity contribution is -1.03. The average molecular weight is 290 g/mol. The molecule has 21 heavy (non-hydrogen) atoms. The Morgan fingerprint density at radius 3 is 2.57 bits per heavy atom. The number of quaternary nitrogens is 2. The molecule has 2 bridgehead atoms. The van der Waals surface area contributed by atoms with Gasteiger partial charge in [0.05, 0.1) is 6.04 Å². The Balaban J connectivity index is 1.31. The van der Waals surface area contributed by atoms with E-state index in [-0.39, 0.29) is 5.82 Å². The molecule has 3 aliphatic rings. The molecular weight excluding hydrogens is 263 g/mol. The minimum atomic E-state index is -0.0989. The van der Waals surface area contributed by atoms with Gasteiger partial charge in [-0.3, -0.25) is 0 Å². The lowest BCUT2D eigenvalue weighted by Crippen LogP contribution is -3.29. The quantitative estimate of drug-likeness (QED) is 0.792. The Morgan fingerprint density at radius 1 is 1.05 bits per heavy atom. The first kappa shape index (κ1) is 13.7. The van der Waals surface area contributed by atoms with Crippen molar-refractivity contribution in [3.05, 3.63) is 35.6 Å². The molecular formula is C18H27FN2+2. The van der Waals surface area contributed by atoms with E-state index >= 15 is 0 Å². The Hall–Kier alpha value is -0.930. The van der Waals surface area contributed by atoms with Crippen molar-refractivity contribution in [2.75, 3.05) is 26.2 Å². The largest absolute Gasteiger partial charge is 0.323 e. The molecule has 2 saturated carbocycles. The topological polar surface area (TPSA) is 8.88 Å². The maximum absolute atomic E-state index is 13.3. The van der Waals surface area contributed by atoms with Crippen LogP contribution in [-0.4, -0.2) is 32.2 Å². The monoisotopic (exact) mass is 290 g/mol. The maximum atomic E-state index is 13.3. The SMILES string of the molecule is Fc1cccc(C[NH+]2CC[NH+]([C@@H]3C[C@H]4CC[C@@H]3C4)CC2)c1. The Labute approximate surface area is 126 Å². The highest BCUT2D eigenvalue weighted by Crippen LogP contribution is 2.43. The van der Waals surface area contributed by atoms with E-state index in [0.29, 0.717) is 0 Å². The highest BCUT2D eigenvalue weighted by molar-refractivity contribution is 5.14. The van der Waals surface area contributed by atoms with E-state index in [0.717, 1.165) is 30.0 Å². The minimum Gasteiger partial charge on any atom is -0.323 e. The standard InChI is InChI=1S/C18H25FN2/c19-17-3-1-2-15(11-17)13-20-6-8-21(9-7-20)18-12-14-4-5-16(18)10-14/h1-3,11,14,16,18H,4-10,12-13H2/p+2/t14-,16+,18+/m0/s1. The van der Waals surface area contributed by atoms with Crippen molar-refractivity contribution in [1.29, 1.82) is 0 Å². The van der Waals surface area contributed by atoms with E-state index in [1.54, 1.807) is 11.0 Å². The van der Waals surface area contributed by atoms with Gasteiger partial charge in [0.1, 0.15) is 38.5 Å². The predicted octanol–water partition coefficient (Wildman–Crippen LogP) is 0.298. The molecule has 3 fully saturated rings. The number of rotatable bonds is 3. The number of piperazine rings is 1. The fourth-order valence-electron chi connectivity index (χ4n) is 5.15. The summed E-state index contributed by atoms with van der Waals surface area (Å²) in [6.45, 7) is 6.12. The third-order valence-electron chi connectivity index (χ3n) is 6.20. The summed E-state index contributed by atoms with van der Waals surface area (Å²) in [7, 11) is 0. The van der Waals surface area contributed by atoms with Crippen molar-refractivity contribution in [2.45, 2.75) is 38.3 Å². The van der Waals surface area contributed by atoms with Crippen molar-refractivity contribution in [2.24, 2.45) is 11.8 Å². The lowest BCUT2D eigenvalue weighted by Gasteiger charge is -2.36. The molecule has 1 saturated heterocycles. The van der Waals surface area contributed by atoms with Gasteiger partial charge in [0.25, 0.3) is 0 Å². The van der Waals surface area contributed by atoms with Crippen molar-refractivity contribution >= 4 is 0 Å². The third-order valence-corrected chi connectivity index (χ3v) is 6.20. The molecule has 2 aliphatic carbocycles. The summed E-state index contributed by atoms with van der Waals surface area (Å²) in [6, 6.07) is 8.10. The van der Waals surface area contributed by atoms with Crippen LogP contribution < -0.4 is 9.80 Å². The zero-order valence-corrected chi connectivity index (χ0v) is 12.8. The molecule has 2 N–H and O–H groups in total. The summed E-state index contributed by atoms with van der Waals surface area (Å²) in [5, 5.41) is 0.